The molecule has 1 atom stereocenters. The first kappa shape index (κ1) is 20.7. The summed E-state index contributed by atoms with van der Waals surface area (Å²) in [6.07, 6.45) is 1.94. The van der Waals surface area contributed by atoms with Crippen LogP contribution in [0, 0.1) is 6.92 Å². The van der Waals surface area contributed by atoms with Gasteiger partial charge in [0.05, 0.1) is 5.75 Å². The molecule has 0 unspecified atom stereocenters. The number of aryl methyl sites for hydroxylation is 1. The first-order chi connectivity index (χ1) is 15.0. The number of carboxylic acids is 1. The van der Waals surface area contributed by atoms with Gasteiger partial charge < -0.3 is 19.8 Å². The summed E-state index contributed by atoms with van der Waals surface area (Å²) in [5.74, 6) is -1.19. The fourth-order valence-corrected chi connectivity index (χ4v) is 3.74. The van der Waals surface area contributed by atoms with Crippen LogP contribution in [0.25, 0.3) is 22.4 Å². The van der Waals surface area contributed by atoms with Crippen LogP contribution in [0.3, 0.4) is 0 Å². The molecule has 4 rings (SSSR count). The van der Waals surface area contributed by atoms with Crippen molar-refractivity contribution in [3.8, 4) is 11.5 Å². The molecule has 0 aliphatic carbocycles. The predicted molar refractivity (Wildman–Crippen MR) is 117 cm³/mol. The number of hydrogen-bond donors (Lipinski definition) is 3. The number of fused-ring (bicyclic) bond motifs is 1. The van der Waals surface area contributed by atoms with Crippen molar-refractivity contribution in [1.29, 1.82) is 0 Å². The van der Waals surface area contributed by atoms with E-state index in [9.17, 15) is 14.7 Å². The Morgan fingerprint density at radius 2 is 1.94 bits per heavy atom. The number of rotatable bonds is 8. The molecular weight excluding hydrogens is 416 g/mol. The number of carboxylic acid groups (broad SMARTS) is 1. The third-order valence-corrected chi connectivity index (χ3v) is 5.58. The highest BCUT2D eigenvalue weighted by Gasteiger charge is 2.22. The molecule has 2 heterocycles. The first-order valence-electron chi connectivity index (χ1n) is 9.60. The Balaban J connectivity index is 1.35. The number of benzene rings is 2. The molecule has 0 spiro atoms. The quantitative estimate of drug-likeness (QED) is 0.362. The van der Waals surface area contributed by atoms with E-state index >= 15 is 0 Å². The van der Waals surface area contributed by atoms with Gasteiger partial charge in [-0.2, -0.15) is 0 Å². The summed E-state index contributed by atoms with van der Waals surface area (Å²) < 4.78 is 5.59. The molecule has 158 valence electrons. The minimum Gasteiger partial charge on any atom is -0.480 e. The van der Waals surface area contributed by atoms with E-state index < -0.39 is 17.9 Å². The van der Waals surface area contributed by atoms with Crippen LogP contribution in [-0.2, 0) is 16.0 Å². The van der Waals surface area contributed by atoms with Crippen molar-refractivity contribution in [2.75, 3.05) is 5.75 Å². The maximum atomic E-state index is 12.3. The highest BCUT2D eigenvalue weighted by atomic mass is 32.2. The van der Waals surface area contributed by atoms with Crippen LogP contribution in [-0.4, -0.2) is 44.0 Å². The van der Waals surface area contributed by atoms with E-state index in [2.05, 4.69) is 20.5 Å². The number of H-pyrrole nitrogens is 1. The molecule has 0 saturated carbocycles. The highest BCUT2D eigenvalue weighted by Crippen LogP contribution is 2.23. The summed E-state index contributed by atoms with van der Waals surface area (Å²) in [6.45, 7) is 1.99. The molecule has 4 aromatic rings. The van der Waals surface area contributed by atoms with E-state index in [1.165, 1.54) is 0 Å². The highest BCUT2D eigenvalue weighted by molar-refractivity contribution is 7.99. The fraction of sp³-hybridized carbons (Fsp3) is 0.182. The lowest BCUT2D eigenvalue weighted by Gasteiger charge is -2.13. The third kappa shape index (κ3) is 4.95. The Morgan fingerprint density at radius 1 is 1.16 bits per heavy atom. The molecule has 9 heteroatoms. The summed E-state index contributed by atoms with van der Waals surface area (Å²) in [4.78, 5) is 27.1. The monoisotopic (exact) mass is 436 g/mol. The molecule has 0 saturated heterocycles. The Bertz CT molecular complexity index is 1220. The number of aliphatic carboxylic acids is 1. The predicted octanol–water partition coefficient (Wildman–Crippen LogP) is 3.43. The van der Waals surface area contributed by atoms with Gasteiger partial charge in [0.2, 0.25) is 11.8 Å². The fourth-order valence-electron chi connectivity index (χ4n) is 3.16. The summed E-state index contributed by atoms with van der Waals surface area (Å²) in [6, 6.07) is 14.2. The number of aromatic amines is 1. The second kappa shape index (κ2) is 9.05. The van der Waals surface area contributed by atoms with Gasteiger partial charge >= 0.3 is 5.97 Å². The van der Waals surface area contributed by atoms with Crippen molar-refractivity contribution >= 4 is 34.5 Å². The van der Waals surface area contributed by atoms with Gasteiger partial charge in [-0.3, -0.25) is 4.79 Å². The second-order valence-electron chi connectivity index (χ2n) is 7.05. The van der Waals surface area contributed by atoms with Gasteiger partial charge in [0, 0.05) is 29.1 Å². The average Bonchev–Trinajstić information content (AvgIpc) is 3.40. The SMILES string of the molecule is Cc1ccc(-c2nnc(SCC(=O)N[C@@H](Cc3c[nH]c4ccccc34)C(=O)O)o2)cc1. The molecular formula is C22H20N4O4S. The zero-order chi connectivity index (χ0) is 21.8. The zero-order valence-electron chi connectivity index (χ0n) is 16.7. The Labute approximate surface area is 182 Å². The van der Waals surface area contributed by atoms with Crippen molar-refractivity contribution in [2.45, 2.75) is 24.6 Å². The number of para-hydroxylation sites is 1. The Hall–Kier alpha value is -3.59. The first-order valence-corrected chi connectivity index (χ1v) is 10.6. The Kier molecular flexibility index (Phi) is 6.03. The molecule has 1 amide bonds. The van der Waals surface area contributed by atoms with Gasteiger partial charge in [0.1, 0.15) is 6.04 Å². The number of aromatic nitrogens is 3. The second-order valence-corrected chi connectivity index (χ2v) is 7.98. The van der Waals surface area contributed by atoms with Gasteiger partial charge in [-0.25, -0.2) is 4.79 Å². The van der Waals surface area contributed by atoms with E-state index in [0.29, 0.717) is 5.89 Å². The van der Waals surface area contributed by atoms with Gasteiger partial charge in [-0.15, -0.1) is 10.2 Å². The number of thioether (sulfide) groups is 1. The van der Waals surface area contributed by atoms with Crippen LogP contribution >= 0.6 is 11.8 Å². The number of hydrogen-bond acceptors (Lipinski definition) is 6. The third-order valence-electron chi connectivity index (χ3n) is 4.76. The normalized spacial score (nSPS) is 12.0. The number of carbonyl (C=O) groups is 2. The number of nitrogens with zero attached hydrogens (tertiary/aromatic N) is 2. The van der Waals surface area contributed by atoms with Gasteiger partial charge in [-0.05, 0) is 30.7 Å². The Morgan fingerprint density at radius 3 is 2.71 bits per heavy atom. The lowest BCUT2D eigenvalue weighted by molar-refractivity contribution is -0.141. The topological polar surface area (TPSA) is 121 Å². The summed E-state index contributed by atoms with van der Waals surface area (Å²) in [7, 11) is 0. The maximum absolute atomic E-state index is 12.3. The maximum Gasteiger partial charge on any atom is 0.326 e. The van der Waals surface area contributed by atoms with Crippen LogP contribution in [0.5, 0.6) is 0 Å². The van der Waals surface area contributed by atoms with Gasteiger partial charge in [0.25, 0.3) is 5.22 Å². The molecule has 0 bridgehead atoms. The van der Waals surface area contributed by atoms with E-state index in [1.807, 2.05) is 55.5 Å². The van der Waals surface area contributed by atoms with Crippen molar-refractivity contribution in [2.24, 2.45) is 0 Å². The van der Waals surface area contributed by atoms with Crippen molar-refractivity contribution in [3.05, 3.63) is 65.9 Å². The van der Waals surface area contributed by atoms with Crippen molar-refractivity contribution in [3.63, 3.8) is 0 Å². The molecule has 0 aliphatic heterocycles. The van der Waals surface area contributed by atoms with E-state index in [1.54, 1.807) is 6.20 Å². The summed E-state index contributed by atoms with van der Waals surface area (Å²) in [5.41, 5.74) is 3.66. The molecule has 2 aromatic carbocycles. The minimum absolute atomic E-state index is 0.0345. The van der Waals surface area contributed by atoms with E-state index in [4.69, 9.17) is 4.42 Å². The molecule has 2 aromatic heterocycles. The summed E-state index contributed by atoms with van der Waals surface area (Å²) in [5, 5.41) is 21.2. The largest absolute Gasteiger partial charge is 0.480 e. The van der Waals surface area contributed by atoms with Crippen molar-refractivity contribution in [1.82, 2.24) is 20.5 Å². The van der Waals surface area contributed by atoms with Gasteiger partial charge in [0.15, 0.2) is 0 Å². The van der Waals surface area contributed by atoms with Crippen LogP contribution in [0.1, 0.15) is 11.1 Å². The lowest BCUT2D eigenvalue weighted by Crippen LogP contribution is -2.43. The summed E-state index contributed by atoms with van der Waals surface area (Å²) >= 11 is 1.06. The minimum atomic E-state index is -1.09. The smallest absolute Gasteiger partial charge is 0.326 e. The molecule has 0 fully saturated rings. The molecule has 0 aliphatic rings. The number of nitrogens with one attached hydrogen (secondary N) is 2. The van der Waals surface area contributed by atoms with Crippen molar-refractivity contribution < 1.29 is 19.1 Å². The van der Waals surface area contributed by atoms with E-state index in [0.717, 1.165) is 39.4 Å². The number of amides is 1. The molecule has 3 N–H and O–H groups in total. The van der Waals surface area contributed by atoms with Crippen LogP contribution in [0.4, 0.5) is 0 Å². The average molecular weight is 436 g/mol. The standard InChI is InChI=1S/C22H20N4O4S/c1-13-6-8-14(9-7-13)20-25-26-22(30-20)31-12-19(27)24-18(21(28)29)10-15-11-23-17-5-3-2-4-16(15)17/h2-9,11,18,23H,10,12H2,1H3,(H,24,27)(H,28,29)/t18-/m0/s1. The zero-order valence-corrected chi connectivity index (χ0v) is 17.5. The number of carbonyl (C=O) groups excluding carboxylic acids is 1. The molecule has 0 radical (unpaired) electrons. The van der Waals surface area contributed by atoms with E-state index in [-0.39, 0.29) is 17.4 Å². The molecule has 8 nitrogen and oxygen atoms in total. The van der Waals surface area contributed by atoms with Gasteiger partial charge in [-0.1, -0.05) is 47.7 Å². The molecule has 31 heavy (non-hydrogen) atoms. The van der Waals surface area contributed by atoms with Crippen LogP contribution < -0.4 is 5.32 Å². The van der Waals surface area contributed by atoms with Crippen LogP contribution in [0.15, 0.2) is 64.4 Å². The van der Waals surface area contributed by atoms with Crippen LogP contribution in [0.2, 0.25) is 0 Å². The lowest BCUT2D eigenvalue weighted by atomic mass is 10.1.